The van der Waals surface area contributed by atoms with Crippen molar-refractivity contribution in [2.24, 2.45) is 0 Å². The molecule has 0 aliphatic rings. The van der Waals surface area contributed by atoms with Gasteiger partial charge in [0, 0.05) is 5.69 Å². The number of anilines is 1. The van der Waals surface area contributed by atoms with E-state index in [1.807, 2.05) is 0 Å². The molecule has 0 heterocycles. The molecule has 1 aromatic carbocycles. The molecule has 0 aliphatic heterocycles. The largest absolute Gasteiger partial charge is 0.507 e. The Hall–Kier alpha value is -1.75. The molecule has 86 valence electrons. The molecule has 0 fully saturated rings. The first-order valence-electron chi connectivity index (χ1n) is 4.43. The van der Waals surface area contributed by atoms with Crippen LogP contribution in [0.5, 0.6) is 5.75 Å². The molecule has 1 atom stereocenters. The number of phenols is 1. The van der Waals surface area contributed by atoms with Gasteiger partial charge in [-0.1, -0.05) is 0 Å². The molecule has 5 nitrogen and oxygen atoms in total. The summed E-state index contributed by atoms with van der Waals surface area (Å²) < 4.78 is 0. The summed E-state index contributed by atoms with van der Waals surface area (Å²) in [5.41, 5.74) is -0.00674. The van der Waals surface area contributed by atoms with Crippen LogP contribution in [0.15, 0.2) is 18.2 Å². The van der Waals surface area contributed by atoms with Crippen molar-refractivity contribution in [2.45, 2.75) is 12.3 Å². The number of hydrogen-bond donors (Lipinski definition) is 3. The monoisotopic (exact) mass is 243 g/mol. The van der Waals surface area contributed by atoms with Crippen LogP contribution >= 0.6 is 11.6 Å². The number of benzene rings is 1. The number of aromatic hydroxyl groups is 1. The van der Waals surface area contributed by atoms with Crippen LogP contribution in [0.3, 0.4) is 0 Å². The van der Waals surface area contributed by atoms with E-state index >= 15 is 0 Å². The quantitative estimate of drug-likeness (QED) is 0.557. The summed E-state index contributed by atoms with van der Waals surface area (Å²) in [5, 5.41) is 19.7. The van der Waals surface area contributed by atoms with E-state index < -0.39 is 17.3 Å². The molecule has 0 spiro atoms. The standard InChI is InChI=1S/C10H10ClNO4/c1-5(11)9(14)12-6-2-3-8(13)7(4-6)10(15)16/h2-5,13H,1H3,(H,12,14)(H,15,16)/t5-/m1/s1. The summed E-state index contributed by atoms with van der Waals surface area (Å²) in [6, 6.07) is 3.74. The average Bonchev–Trinajstić information content (AvgIpc) is 2.20. The van der Waals surface area contributed by atoms with Gasteiger partial charge in [0.15, 0.2) is 0 Å². The molecule has 3 N–H and O–H groups in total. The lowest BCUT2D eigenvalue weighted by atomic mass is 10.2. The van der Waals surface area contributed by atoms with Gasteiger partial charge in [0.2, 0.25) is 5.91 Å². The number of amides is 1. The molecule has 0 saturated carbocycles. The van der Waals surface area contributed by atoms with Crippen LogP contribution in [0.4, 0.5) is 5.69 Å². The zero-order chi connectivity index (χ0) is 12.3. The second-order valence-electron chi connectivity index (χ2n) is 3.14. The summed E-state index contributed by atoms with van der Waals surface area (Å²) in [4.78, 5) is 21.9. The molecule has 1 rings (SSSR count). The fourth-order valence-electron chi connectivity index (χ4n) is 1.03. The number of nitrogens with one attached hydrogen (secondary N) is 1. The molecule has 16 heavy (non-hydrogen) atoms. The fourth-order valence-corrected chi connectivity index (χ4v) is 1.08. The first kappa shape index (κ1) is 12.3. The number of aromatic carboxylic acids is 1. The second-order valence-corrected chi connectivity index (χ2v) is 3.80. The van der Waals surface area contributed by atoms with Crippen LogP contribution in [0.1, 0.15) is 17.3 Å². The summed E-state index contributed by atoms with van der Waals surface area (Å²) in [6.07, 6.45) is 0. The molecular weight excluding hydrogens is 234 g/mol. The zero-order valence-corrected chi connectivity index (χ0v) is 9.15. The third-order valence-corrected chi connectivity index (χ3v) is 2.05. The van der Waals surface area contributed by atoms with Gasteiger partial charge in [-0.3, -0.25) is 4.79 Å². The molecule has 0 unspecified atom stereocenters. The Bertz CT molecular complexity index is 431. The van der Waals surface area contributed by atoms with Gasteiger partial charge in [0.1, 0.15) is 16.7 Å². The van der Waals surface area contributed by atoms with Crippen molar-refractivity contribution in [3.05, 3.63) is 23.8 Å². The highest BCUT2D eigenvalue weighted by Crippen LogP contribution is 2.21. The van der Waals surface area contributed by atoms with E-state index in [-0.39, 0.29) is 17.0 Å². The van der Waals surface area contributed by atoms with E-state index in [0.717, 1.165) is 6.07 Å². The minimum Gasteiger partial charge on any atom is -0.507 e. The van der Waals surface area contributed by atoms with Gasteiger partial charge in [0.05, 0.1) is 0 Å². The van der Waals surface area contributed by atoms with E-state index in [4.69, 9.17) is 16.7 Å². The number of carboxylic acid groups (broad SMARTS) is 1. The van der Waals surface area contributed by atoms with Crippen LogP contribution < -0.4 is 5.32 Å². The highest BCUT2D eigenvalue weighted by Gasteiger charge is 2.13. The first-order chi connectivity index (χ1) is 7.41. The van der Waals surface area contributed by atoms with Crippen LogP contribution in [-0.4, -0.2) is 27.5 Å². The van der Waals surface area contributed by atoms with Gasteiger partial charge in [-0.2, -0.15) is 0 Å². The Kier molecular flexibility index (Phi) is 3.73. The predicted molar refractivity (Wildman–Crippen MR) is 59.0 cm³/mol. The number of rotatable bonds is 3. The minimum atomic E-state index is -1.27. The Morgan fingerprint density at radius 2 is 2.06 bits per heavy atom. The molecule has 0 aliphatic carbocycles. The number of halogens is 1. The van der Waals surface area contributed by atoms with E-state index in [9.17, 15) is 14.7 Å². The van der Waals surface area contributed by atoms with Gasteiger partial charge >= 0.3 is 5.97 Å². The summed E-state index contributed by atoms with van der Waals surface area (Å²) in [6.45, 7) is 1.50. The Morgan fingerprint density at radius 3 is 2.56 bits per heavy atom. The Morgan fingerprint density at radius 1 is 1.44 bits per heavy atom. The van der Waals surface area contributed by atoms with Crippen LogP contribution in [0.2, 0.25) is 0 Å². The van der Waals surface area contributed by atoms with E-state index in [1.165, 1.54) is 19.1 Å². The van der Waals surface area contributed by atoms with Gasteiger partial charge in [-0.15, -0.1) is 11.6 Å². The molecular formula is C10H10ClNO4. The maximum absolute atomic E-state index is 11.2. The zero-order valence-electron chi connectivity index (χ0n) is 8.40. The van der Waals surface area contributed by atoms with Crippen molar-refractivity contribution in [3.8, 4) is 5.75 Å². The smallest absolute Gasteiger partial charge is 0.339 e. The van der Waals surface area contributed by atoms with Crippen molar-refractivity contribution in [3.63, 3.8) is 0 Å². The summed E-state index contributed by atoms with van der Waals surface area (Å²) >= 11 is 5.53. The topological polar surface area (TPSA) is 86.6 Å². The molecule has 1 aromatic rings. The first-order valence-corrected chi connectivity index (χ1v) is 4.86. The lowest BCUT2D eigenvalue weighted by molar-refractivity contribution is -0.115. The maximum atomic E-state index is 11.2. The molecule has 0 saturated heterocycles. The highest BCUT2D eigenvalue weighted by molar-refractivity contribution is 6.32. The molecule has 0 bridgehead atoms. The lowest BCUT2D eigenvalue weighted by Gasteiger charge is -2.07. The molecule has 1 amide bonds. The normalized spacial score (nSPS) is 11.9. The average molecular weight is 244 g/mol. The van der Waals surface area contributed by atoms with Crippen LogP contribution in [0, 0.1) is 0 Å². The van der Waals surface area contributed by atoms with E-state index in [0.29, 0.717) is 0 Å². The second kappa shape index (κ2) is 4.85. The summed E-state index contributed by atoms with van der Waals surface area (Å²) in [5.74, 6) is -2.07. The van der Waals surface area contributed by atoms with Crippen molar-refractivity contribution in [1.82, 2.24) is 0 Å². The number of carboxylic acids is 1. The highest BCUT2D eigenvalue weighted by atomic mass is 35.5. The van der Waals surface area contributed by atoms with Gasteiger partial charge in [-0.05, 0) is 25.1 Å². The predicted octanol–water partition coefficient (Wildman–Crippen LogP) is 1.66. The van der Waals surface area contributed by atoms with Gasteiger partial charge in [-0.25, -0.2) is 4.79 Å². The molecule has 0 radical (unpaired) electrons. The minimum absolute atomic E-state index is 0.271. The van der Waals surface area contributed by atoms with Crippen LogP contribution in [0.25, 0.3) is 0 Å². The van der Waals surface area contributed by atoms with Gasteiger partial charge < -0.3 is 15.5 Å². The molecule has 0 aromatic heterocycles. The maximum Gasteiger partial charge on any atom is 0.339 e. The van der Waals surface area contributed by atoms with E-state index in [1.54, 1.807) is 0 Å². The van der Waals surface area contributed by atoms with Crippen molar-refractivity contribution in [1.29, 1.82) is 0 Å². The number of carbonyl (C=O) groups is 2. The summed E-state index contributed by atoms with van der Waals surface area (Å²) in [7, 11) is 0. The van der Waals surface area contributed by atoms with Crippen LogP contribution in [-0.2, 0) is 4.79 Å². The third-order valence-electron chi connectivity index (χ3n) is 1.86. The SMILES string of the molecule is C[C@@H](Cl)C(=O)Nc1ccc(O)c(C(=O)O)c1. The van der Waals surface area contributed by atoms with Crippen molar-refractivity contribution >= 4 is 29.2 Å². The van der Waals surface area contributed by atoms with E-state index in [2.05, 4.69) is 5.32 Å². The Balaban J connectivity index is 2.95. The third kappa shape index (κ3) is 2.87. The van der Waals surface area contributed by atoms with Crippen molar-refractivity contribution < 1.29 is 19.8 Å². The number of hydrogen-bond acceptors (Lipinski definition) is 3. The fraction of sp³-hybridized carbons (Fsp3) is 0.200. The van der Waals surface area contributed by atoms with Crippen molar-refractivity contribution in [2.75, 3.05) is 5.32 Å². The van der Waals surface area contributed by atoms with Gasteiger partial charge in [0.25, 0.3) is 0 Å². The number of alkyl halides is 1. The number of carbonyl (C=O) groups excluding carboxylic acids is 1. The lowest BCUT2D eigenvalue weighted by Crippen LogP contribution is -2.20. The Labute approximate surface area is 96.7 Å². The molecule has 6 heteroatoms.